The maximum absolute atomic E-state index is 11.9. The lowest BCUT2D eigenvalue weighted by Gasteiger charge is -2.20. The minimum atomic E-state index is -0.774. The van der Waals surface area contributed by atoms with Crippen molar-refractivity contribution >= 4 is 5.97 Å². The zero-order valence-electron chi connectivity index (χ0n) is 15.4. The van der Waals surface area contributed by atoms with Crippen LogP contribution < -0.4 is 9.47 Å². The van der Waals surface area contributed by atoms with Crippen LogP contribution in [0.5, 0.6) is 11.5 Å². The lowest BCUT2D eigenvalue weighted by atomic mass is 9.88. The van der Waals surface area contributed by atoms with Gasteiger partial charge >= 0.3 is 5.97 Å². The number of carbonyl (C=O) groups is 1. The molecule has 2 aromatic rings. The Hall–Kier alpha value is -2.54. The van der Waals surface area contributed by atoms with Crippen LogP contribution in [0.3, 0.4) is 0 Å². The Labute approximate surface area is 153 Å². The van der Waals surface area contributed by atoms with Crippen molar-refractivity contribution in [1.29, 1.82) is 0 Å². The summed E-state index contributed by atoms with van der Waals surface area (Å²) in [6, 6.07) is 5.65. The third-order valence-corrected chi connectivity index (χ3v) is 5.02. The van der Waals surface area contributed by atoms with Crippen molar-refractivity contribution in [2.45, 2.75) is 12.3 Å². The van der Waals surface area contributed by atoms with Crippen LogP contribution in [0.1, 0.15) is 17.0 Å². The average Bonchev–Trinajstić information content (AvgIpc) is 3.25. The molecule has 0 spiro atoms. The monoisotopic (exact) mass is 359 g/mol. The van der Waals surface area contributed by atoms with E-state index in [1.165, 1.54) is 0 Å². The summed E-state index contributed by atoms with van der Waals surface area (Å²) in [5, 5.41) is 13.9. The van der Waals surface area contributed by atoms with Gasteiger partial charge in [0.15, 0.2) is 11.5 Å². The molecule has 1 aromatic carbocycles. The van der Waals surface area contributed by atoms with Gasteiger partial charge in [-0.2, -0.15) is 5.10 Å². The third kappa shape index (κ3) is 3.67. The zero-order valence-corrected chi connectivity index (χ0v) is 15.4. The smallest absolute Gasteiger partial charge is 0.308 e. The standard InChI is InChI=1S/C19H25N3O4/c1-21-10-13(9-20-21)7-8-22-11-15(16(12-22)19(23)24)14-5-4-6-17(25-2)18(14)26-3/h4-6,9-10,15-16H,7-8,11-12H2,1-3H3,(H,23,24)/t15-,16+/m1/s1. The normalized spacial score (nSPS) is 20.3. The van der Waals surface area contributed by atoms with E-state index in [1.54, 1.807) is 18.9 Å². The van der Waals surface area contributed by atoms with Gasteiger partial charge in [-0.3, -0.25) is 9.48 Å². The number of ether oxygens (including phenoxy) is 2. The van der Waals surface area contributed by atoms with Crippen molar-refractivity contribution in [2.24, 2.45) is 13.0 Å². The highest BCUT2D eigenvalue weighted by atomic mass is 16.5. The molecule has 1 aromatic heterocycles. The molecule has 0 saturated carbocycles. The molecule has 26 heavy (non-hydrogen) atoms. The molecular formula is C19H25N3O4. The number of hydrogen-bond acceptors (Lipinski definition) is 5. The second-order valence-electron chi connectivity index (χ2n) is 6.67. The Kier molecular flexibility index (Phi) is 5.46. The number of rotatable bonds is 7. The number of aryl methyl sites for hydroxylation is 1. The summed E-state index contributed by atoms with van der Waals surface area (Å²) in [4.78, 5) is 14.1. The number of likely N-dealkylation sites (tertiary alicyclic amines) is 1. The Bertz CT molecular complexity index is 774. The molecule has 0 aliphatic carbocycles. The molecule has 1 saturated heterocycles. The number of para-hydroxylation sites is 1. The highest BCUT2D eigenvalue weighted by Crippen LogP contribution is 2.41. The van der Waals surface area contributed by atoms with Gasteiger partial charge in [0.1, 0.15) is 0 Å². The summed E-state index contributed by atoms with van der Waals surface area (Å²) < 4.78 is 12.7. The van der Waals surface area contributed by atoms with Crippen molar-refractivity contribution in [3.05, 3.63) is 41.7 Å². The molecule has 1 fully saturated rings. The van der Waals surface area contributed by atoms with Crippen molar-refractivity contribution in [3.63, 3.8) is 0 Å². The maximum atomic E-state index is 11.9. The van der Waals surface area contributed by atoms with E-state index in [-0.39, 0.29) is 5.92 Å². The fourth-order valence-electron chi connectivity index (χ4n) is 3.73. The number of hydrogen-bond donors (Lipinski definition) is 1. The first kappa shape index (κ1) is 18.3. The first-order valence-corrected chi connectivity index (χ1v) is 8.67. The summed E-state index contributed by atoms with van der Waals surface area (Å²) in [6.45, 7) is 2.01. The van der Waals surface area contributed by atoms with Crippen LogP contribution in [0.4, 0.5) is 0 Å². The minimum absolute atomic E-state index is 0.133. The van der Waals surface area contributed by atoms with E-state index in [2.05, 4.69) is 10.00 Å². The van der Waals surface area contributed by atoms with E-state index in [1.807, 2.05) is 37.6 Å². The van der Waals surface area contributed by atoms with E-state index in [9.17, 15) is 9.90 Å². The molecular weight excluding hydrogens is 334 g/mol. The fraction of sp³-hybridized carbons (Fsp3) is 0.474. The van der Waals surface area contributed by atoms with E-state index in [0.717, 1.165) is 24.1 Å². The summed E-state index contributed by atoms with van der Waals surface area (Å²) in [5.41, 5.74) is 2.05. The average molecular weight is 359 g/mol. The summed E-state index contributed by atoms with van der Waals surface area (Å²) in [5.74, 6) is -0.122. The lowest BCUT2D eigenvalue weighted by molar-refractivity contribution is -0.141. The van der Waals surface area contributed by atoms with E-state index < -0.39 is 11.9 Å². The van der Waals surface area contributed by atoms with Gasteiger partial charge in [0.05, 0.1) is 26.3 Å². The second-order valence-corrected chi connectivity index (χ2v) is 6.67. The van der Waals surface area contributed by atoms with Crippen molar-refractivity contribution in [1.82, 2.24) is 14.7 Å². The SMILES string of the molecule is COc1cccc([C@H]2CN(CCc3cnn(C)c3)C[C@@H]2C(=O)O)c1OC. The van der Waals surface area contributed by atoms with Crippen LogP contribution in [0.15, 0.2) is 30.6 Å². The molecule has 1 aliphatic heterocycles. The summed E-state index contributed by atoms with van der Waals surface area (Å²) in [7, 11) is 5.07. The van der Waals surface area contributed by atoms with Crippen molar-refractivity contribution in [2.75, 3.05) is 33.9 Å². The predicted octanol–water partition coefficient (Wildman–Crippen LogP) is 1.78. The van der Waals surface area contributed by atoms with Gasteiger partial charge in [-0.05, 0) is 18.1 Å². The minimum Gasteiger partial charge on any atom is -0.493 e. The quantitative estimate of drug-likeness (QED) is 0.812. The first-order valence-electron chi connectivity index (χ1n) is 8.67. The van der Waals surface area contributed by atoms with Crippen LogP contribution in [0, 0.1) is 5.92 Å². The largest absolute Gasteiger partial charge is 0.493 e. The van der Waals surface area contributed by atoms with Gasteiger partial charge in [-0.1, -0.05) is 12.1 Å². The molecule has 0 unspecified atom stereocenters. The molecule has 3 rings (SSSR count). The molecule has 1 N–H and O–H groups in total. The first-order chi connectivity index (χ1) is 12.5. The Morgan fingerprint density at radius 3 is 2.73 bits per heavy atom. The van der Waals surface area contributed by atoms with Gasteiger partial charge in [-0.15, -0.1) is 0 Å². The number of aromatic nitrogens is 2. The second kappa shape index (κ2) is 7.78. The van der Waals surface area contributed by atoms with Crippen molar-refractivity contribution < 1.29 is 19.4 Å². The highest BCUT2D eigenvalue weighted by Gasteiger charge is 2.40. The zero-order chi connectivity index (χ0) is 18.7. The number of methoxy groups -OCH3 is 2. The molecule has 7 nitrogen and oxygen atoms in total. The van der Waals surface area contributed by atoms with Gasteiger partial charge in [-0.25, -0.2) is 0 Å². The Balaban J connectivity index is 1.79. The Morgan fingerprint density at radius 1 is 1.31 bits per heavy atom. The number of benzene rings is 1. The highest BCUT2D eigenvalue weighted by molar-refractivity contribution is 5.73. The topological polar surface area (TPSA) is 76.8 Å². The van der Waals surface area contributed by atoms with Gasteiger partial charge in [0.2, 0.25) is 0 Å². The predicted molar refractivity (Wildman–Crippen MR) is 96.8 cm³/mol. The van der Waals surface area contributed by atoms with Crippen LogP contribution in [0.25, 0.3) is 0 Å². The molecule has 0 radical (unpaired) electrons. The number of carboxylic acid groups (broad SMARTS) is 1. The molecule has 1 aliphatic rings. The summed E-state index contributed by atoms with van der Waals surface area (Å²) in [6.07, 6.45) is 4.70. The van der Waals surface area contributed by atoms with Gasteiger partial charge in [0.25, 0.3) is 0 Å². The van der Waals surface area contributed by atoms with Crippen LogP contribution in [-0.4, -0.2) is 59.6 Å². The molecule has 0 bridgehead atoms. The molecule has 7 heteroatoms. The molecule has 2 atom stereocenters. The maximum Gasteiger partial charge on any atom is 0.308 e. The molecule has 0 amide bonds. The third-order valence-electron chi connectivity index (χ3n) is 5.02. The van der Waals surface area contributed by atoms with Gasteiger partial charge < -0.3 is 19.5 Å². The van der Waals surface area contributed by atoms with E-state index >= 15 is 0 Å². The van der Waals surface area contributed by atoms with E-state index in [0.29, 0.717) is 24.6 Å². The van der Waals surface area contributed by atoms with E-state index in [4.69, 9.17) is 9.47 Å². The Morgan fingerprint density at radius 2 is 2.12 bits per heavy atom. The fourth-order valence-corrected chi connectivity index (χ4v) is 3.73. The number of nitrogens with zero attached hydrogens (tertiary/aromatic N) is 3. The van der Waals surface area contributed by atoms with Crippen LogP contribution in [-0.2, 0) is 18.3 Å². The number of carboxylic acids is 1. The number of aliphatic carboxylic acids is 1. The molecule has 2 heterocycles. The van der Waals surface area contributed by atoms with Gasteiger partial charge in [0, 0.05) is 44.4 Å². The molecule has 140 valence electrons. The van der Waals surface area contributed by atoms with Crippen LogP contribution in [0.2, 0.25) is 0 Å². The lowest BCUT2D eigenvalue weighted by Crippen LogP contribution is -2.25. The van der Waals surface area contributed by atoms with Crippen LogP contribution >= 0.6 is 0 Å². The van der Waals surface area contributed by atoms with Crippen molar-refractivity contribution in [3.8, 4) is 11.5 Å². The summed E-state index contributed by atoms with van der Waals surface area (Å²) >= 11 is 0.